The zero-order valence-corrected chi connectivity index (χ0v) is 14.9. The second-order valence-corrected chi connectivity index (χ2v) is 7.71. The maximum absolute atomic E-state index is 12.4. The number of nitrogens with zero attached hydrogens (tertiary/aromatic N) is 1. The van der Waals surface area contributed by atoms with Crippen LogP contribution in [-0.2, 0) is 16.4 Å². The van der Waals surface area contributed by atoms with Crippen molar-refractivity contribution in [2.45, 2.75) is 20.3 Å². The molecule has 0 aliphatic rings. The first-order valence-corrected chi connectivity index (χ1v) is 9.45. The van der Waals surface area contributed by atoms with Crippen LogP contribution in [0.4, 0.5) is 11.4 Å². The second kappa shape index (κ2) is 7.49. The largest absolute Gasteiger partial charge is 0.322 e. The van der Waals surface area contributed by atoms with E-state index in [-0.39, 0.29) is 11.7 Å². The number of carbonyl (C=O) groups excluding carboxylic acids is 1. The fraction of sp³-hybridized carbons (Fsp3) is 0.278. The van der Waals surface area contributed by atoms with Gasteiger partial charge in [0, 0.05) is 18.3 Å². The van der Waals surface area contributed by atoms with E-state index in [1.807, 2.05) is 24.3 Å². The van der Waals surface area contributed by atoms with Gasteiger partial charge in [0.25, 0.3) is 5.91 Å². The van der Waals surface area contributed by atoms with Crippen molar-refractivity contribution in [3.8, 4) is 0 Å². The second-order valence-electron chi connectivity index (χ2n) is 5.42. The van der Waals surface area contributed by atoms with Gasteiger partial charge in [-0.1, -0.05) is 25.1 Å². The molecule has 2 aromatic rings. The predicted octanol–water partition coefficient (Wildman–Crippen LogP) is 3.29. The fourth-order valence-electron chi connectivity index (χ4n) is 2.22. The van der Waals surface area contributed by atoms with Gasteiger partial charge in [0.2, 0.25) is 10.0 Å². The van der Waals surface area contributed by atoms with E-state index in [0.29, 0.717) is 16.9 Å². The van der Waals surface area contributed by atoms with E-state index in [0.717, 1.165) is 6.42 Å². The van der Waals surface area contributed by atoms with E-state index >= 15 is 0 Å². The van der Waals surface area contributed by atoms with Gasteiger partial charge < -0.3 is 5.32 Å². The molecule has 128 valence electrons. The molecule has 0 aromatic heterocycles. The zero-order valence-electron chi connectivity index (χ0n) is 14.1. The Kier molecular flexibility index (Phi) is 5.62. The molecule has 2 aromatic carbocycles. The van der Waals surface area contributed by atoms with Gasteiger partial charge in [-0.3, -0.25) is 9.10 Å². The van der Waals surface area contributed by atoms with Crippen molar-refractivity contribution < 1.29 is 13.2 Å². The highest BCUT2D eigenvalue weighted by atomic mass is 32.2. The van der Waals surface area contributed by atoms with Gasteiger partial charge in [0.15, 0.2) is 0 Å². The van der Waals surface area contributed by atoms with Crippen LogP contribution in [-0.4, -0.2) is 27.1 Å². The smallest absolute Gasteiger partial charge is 0.255 e. The molecule has 1 N–H and O–H groups in total. The lowest BCUT2D eigenvalue weighted by molar-refractivity contribution is 0.102. The number of anilines is 2. The Morgan fingerprint density at radius 3 is 2.33 bits per heavy atom. The van der Waals surface area contributed by atoms with Gasteiger partial charge in [-0.25, -0.2) is 8.42 Å². The van der Waals surface area contributed by atoms with Crippen LogP contribution < -0.4 is 9.62 Å². The molecule has 0 spiro atoms. The quantitative estimate of drug-likeness (QED) is 0.873. The standard InChI is InChI=1S/C18H22N2O3S/c1-4-14-9-11-16(12-10-14)19-18(21)15-7-6-8-17(13-15)20(3)24(22,23)5-2/h6-13H,4-5H2,1-3H3,(H,19,21). The number of amides is 1. The first-order chi connectivity index (χ1) is 11.4. The molecule has 0 fully saturated rings. The first kappa shape index (κ1) is 18.0. The number of carbonyl (C=O) groups is 1. The summed E-state index contributed by atoms with van der Waals surface area (Å²) in [5.74, 6) is -0.271. The van der Waals surface area contributed by atoms with Gasteiger partial charge >= 0.3 is 0 Å². The van der Waals surface area contributed by atoms with Gasteiger partial charge in [-0.05, 0) is 49.2 Å². The van der Waals surface area contributed by atoms with E-state index < -0.39 is 10.0 Å². The third kappa shape index (κ3) is 4.14. The van der Waals surface area contributed by atoms with Crippen molar-refractivity contribution in [1.29, 1.82) is 0 Å². The predicted molar refractivity (Wildman–Crippen MR) is 98.1 cm³/mol. The zero-order chi connectivity index (χ0) is 17.7. The lowest BCUT2D eigenvalue weighted by Crippen LogP contribution is -2.28. The summed E-state index contributed by atoms with van der Waals surface area (Å²) in [6, 6.07) is 14.2. The van der Waals surface area contributed by atoms with Crippen molar-refractivity contribution in [2.75, 3.05) is 22.4 Å². The maximum Gasteiger partial charge on any atom is 0.255 e. The Hall–Kier alpha value is -2.34. The molecule has 1 amide bonds. The van der Waals surface area contributed by atoms with E-state index in [9.17, 15) is 13.2 Å². The topological polar surface area (TPSA) is 66.5 Å². The van der Waals surface area contributed by atoms with Crippen molar-refractivity contribution in [2.24, 2.45) is 0 Å². The van der Waals surface area contributed by atoms with Gasteiger partial charge in [-0.15, -0.1) is 0 Å². The minimum absolute atomic E-state index is 0.00367. The van der Waals surface area contributed by atoms with Crippen LogP contribution in [0.2, 0.25) is 0 Å². The number of sulfonamides is 1. The highest BCUT2D eigenvalue weighted by Crippen LogP contribution is 2.19. The SMILES string of the molecule is CCc1ccc(NC(=O)c2cccc(N(C)S(=O)(=O)CC)c2)cc1. The summed E-state index contributed by atoms with van der Waals surface area (Å²) in [6.45, 7) is 3.66. The third-order valence-electron chi connectivity index (χ3n) is 3.87. The van der Waals surface area contributed by atoms with Gasteiger partial charge in [-0.2, -0.15) is 0 Å². The molecular formula is C18H22N2O3S. The van der Waals surface area contributed by atoms with Crippen LogP contribution in [0.1, 0.15) is 29.8 Å². The van der Waals surface area contributed by atoms with Crippen molar-refractivity contribution in [3.63, 3.8) is 0 Å². The molecule has 24 heavy (non-hydrogen) atoms. The number of hydrogen-bond acceptors (Lipinski definition) is 3. The van der Waals surface area contributed by atoms with E-state index in [2.05, 4.69) is 12.2 Å². The number of hydrogen-bond donors (Lipinski definition) is 1. The molecule has 2 rings (SSSR count). The number of benzene rings is 2. The summed E-state index contributed by atoms with van der Waals surface area (Å²) >= 11 is 0. The molecule has 0 saturated heterocycles. The van der Waals surface area contributed by atoms with Crippen LogP contribution in [0.25, 0.3) is 0 Å². The Morgan fingerprint density at radius 1 is 1.08 bits per heavy atom. The summed E-state index contributed by atoms with van der Waals surface area (Å²) < 4.78 is 25.1. The number of rotatable bonds is 6. The average molecular weight is 346 g/mol. The molecule has 0 bridgehead atoms. The molecule has 6 heteroatoms. The van der Waals surface area contributed by atoms with Crippen LogP contribution in [0.15, 0.2) is 48.5 Å². The summed E-state index contributed by atoms with van der Waals surface area (Å²) in [5, 5.41) is 2.82. The summed E-state index contributed by atoms with van der Waals surface area (Å²) in [4.78, 5) is 12.4. The summed E-state index contributed by atoms with van der Waals surface area (Å²) in [6.07, 6.45) is 0.939. The van der Waals surface area contributed by atoms with Crippen LogP contribution in [0.5, 0.6) is 0 Å². The van der Waals surface area contributed by atoms with Crippen LogP contribution >= 0.6 is 0 Å². The van der Waals surface area contributed by atoms with E-state index in [1.165, 1.54) is 16.9 Å². The molecule has 0 aliphatic heterocycles. The van der Waals surface area contributed by atoms with Gasteiger partial charge in [0.1, 0.15) is 0 Å². The van der Waals surface area contributed by atoms with E-state index in [4.69, 9.17) is 0 Å². The van der Waals surface area contributed by atoms with Crippen LogP contribution in [0, 0.1) is 0 Å². The fourth-order valence-corrected chi connectivity index (χ4v) is 3.05. The lowest BCUT2D eigenvalue weighted by Gasteiger charge is -2.19. The van der Waals surface area contributed by atoms with Crippen molar-refractivity contribution >= 4 is 27.3 Å². The van der Waals surface area contributed by atoms with Gasteiger partial charge in [0.05, 0.1) is 11.4 Å². The monoisotopic (exact) mass is 346 g/mol. The number of aryl methyl sites for hydroxylation is 1. The first-order valence-electron chi connectivity index (χ1n) is 7.84. The Morgan fingerprint density at radius 2 is 1.75 bits per heavy atom. The molecule has 0 heterocycles. The normalized spacial score (nSPS) is 11.1. The minimum atomic E-state index is -3.36. The molecule has 0 saturated carbocycles. The third-order valence-corrected chi connectivity index (χ3v) is 5.65. The highest BCUT2D eigenvalue weighted by molar-refractivity contribution is 7.92. The summed E-state index contributed by atoms with van der Waals surface area (Å²) in [7, 11) is -1.87. The molecular weight excluding hydrogens is 324 g/mol. The summed E-state index contributed by atoms with van der Waals surface area (Å²) in [5.41, 5.74) is 2.77. The maximum atomic E-state index is 12.4. The highest BCUT2D eigenvalue weighted by Gasteiger charge is 2.17. The minimum Gasteiger partial charge on any atom is -0.322 e. The molecule has 0 radical (unpaired) electrons. The molecule has 0 aliphatic carbocycles. The Balaban J connectivity index is 2.19. The molecule has 0 atom stereocenters. The van der Waals surface area contributed by atoms with Crippen molar-refractivity contribution in [1.82, 2.24) is 0 Å². The Bertz CT molecular complexity index is 814. The molecule has 0 unspecified atom stereocenters. The average Bonchev–Trinajstić information content (AvgIpc) is 2.61. The van der Waals surface area contributed by atoms with Crippen LogP contribution in [0.3, 0.4) is 0 Å². The lowest BCUT2D eigenvalue weighted by atomic mass is 10.1. The number of nitrogens with one attached hydrogen (secondary N) is 1. The van der Waals surface area contributed by atoms with E-state index in [1.54, 1.807) is 31.2 Å². The molecule has 5 nitrogen and oxygen atoms in total. The Labute approximate surface area is 143 Å². The van der Waals surface area contributed by atoms with Crippen molar-refractivity contribution in [3.05, 3.63) is 59.7 Å².